The van der Waals surface area contributed by atoms with E-state index in [4.69, 9.17) is 4.74 Å². The summed E-state index contributed by atoms with van der Waals surface area (Å²) in [6.45, 7) is 2.44. The van der Waals surface area contributed by atoms with Crippen LogP contribution in [0, 0.1) is 0 Å². The fraction of sp³-hybridized carbons (Fsp3) is 0.263. The number of ether oxygens (including phenoxy) is 1. The molecule has 132 valence electrons. The molecule has 2 rings (SSSR count). The van der Waals surface area contributed by atoms with E-state index in [1.54, 1.807) is 6.07 Å². The third kappa shape index (κ3) is 6.89. The number of nitrogens with one attached hydrogen (secondary N) is 2. The van der Waals surface area contributed by atoms with E-state index in [9.17, 15) is 9.59 Å². The van der Waals surface area contributed by atoms with Gasteiger partial charge in [-0.25, -0.2) is 0 Å². The lowest BCUT2D eigenvalue weighted by Gasteiger charge is -2.11. The van der Waals surface area contributed by atoms with E-state index < -0.39 is 0 Å². The highest BCUT2D eigenvalue weighted by Gasteiger charge is 2.08. The van der Waals surface area contributed by atoms with E-state index in [0.29, 0.717) is 36.0 Å². The van der Waals surface area contributed by atoms with Crippen LogP contribution in [-0.2, 0) is 9.59 Å². The molecule has 0 saturated heterocycles. The second-order valence-corrected chi connectivity index (χ2v) is 6.30. The van der Waals surface area contributed by atoms with Crippen LogP contribution in [0.2, 0.25) is 0 Å². The van der Waals surface area contributed by atoms with Crippen molar-refractivity contribution >= 4 is 35.0 Å². The summed E-state index contributed by atoms with van der Waals surface area (Å²) in [7, 11) is 0. The minimum Gasteiger partial charge on any atom is -0.492 e. The van der Waals surface area contributed by atoms with Gasteiger partial charge in [0.1, 0.15) is 5.75 Å². The topological polar surface area (TPSA) is 67.4 Å². The van der Waals surface area contributed by atoms with Gasteiger partial charge in [0.25, 0.3) is 0 Å². The highest BCUT2D eigenvalue weighted by molar-refractivity contribution is 7.99. The molecule has 25 heavy (non-hydrogen) atoms. The van der Waals surface area contributed by atoms with Crippen LogP contribution in [0.4, 0.5) is 11.4 Å². The van der Waals surface area contributed by atoms with Gasteiger partial charge in [0.15, 0.2) is 0 Å². The number of para-hydroxylation sites is 3. The summed E-state index contributed by atoms with van der Waals surface area (Å²) in [6, 6.07) is 16.7. The Bertz CT molecular complexity index is 692. The maximum absolute atomic E-state index is 12.0. The van der Waals surface area contributed by atoms with E-state index in [-0.39, 0.29) is 11.8 Å². The molecule has 0 radical (unpaired) electrons. The Morgan fingerprint density at radius 1 is 0.960 bits per heavy atom. The molecule has 0 aliphatic carbocycles. The lowest BCUT2D eigenvalue weighted by molar-refractivity contribution is -0.116. The van der Waals surface area contributed by atoms with Gasteiger partial charge in [-0.05, 0) is 31.2 Å². The molecular formula is C19H22N2O3S. The number of anilines is 2. The summed E-state index contributed by atoms with van der Waals surface area (Å²) in [6.07, 6.45) is 0.363. The second kappa shape index (κ2) is 10.4. The summed E-state index contributed by atoms with van der Waals surface area (Å²) in [4.78, 5) is 23.8. The molecule has 0 bridgehead atoms. The molecule has 0 aliphatic rings. The fourth-order valence-corrected chi connectivity index (χ4v) is 2.84. The van der Waals surface area contributed by atoms with Gasteiger partial charge in [0, 0.05) is 17.9 Å². The number of amides is 2. The van der Waals surface area contributed by atoms with Crippen molar-refractivity contribution in [1.29, 1.82) is 0 Å². The molecule has 0 aliphatic heterocycles. The van der Waals surface area contributed by atoms with Crippen LogP contribution in [0.3, 0.4) is 0 Å². The Kier molecular flexibility index (Phi) is 7.85. The van der Waals surface area contributed by atoms with Crippen LogP contribution < -0.4 is 15.4 Å². The third-order valence-corrected chi connectivity index (χ3v) is 4.18. The molecular weight excluding hydrogens is 336 g/mol. The first-order valence-corrected chi connectivity index (χ1v) is 9.29. The molecule has 2 aromatic carbocycles. The second-order valence-electron chi connectivity index (χ2n) is 5.19. The molecule has 0 saturated carbocycles. The van der Waals surface area contributed by atoms with Crippen LogP contribution in [-0.4, -0.2) is 29.9 Å². The Morgan fingerprint density at radius 3 is 2.44 bits per heavy atom. The summed E-state index contributed by atoms with van der Waals surface area (Å²) in [5.41, 5.74) is 1.44. The standard InChI is InChI=1S/C19H22N2O3S/c1-2-24-17-11-7-6-10-16(17)21-19(23)14-25-13-12-18(22)20-15-8-4-3-5-9-15/h3-11H,2,12-14H2,1H3,(H,20,22)(H,21,23). The van der Waals surface area contributed by atoms with Crippen LogP contribution >= 0.6 is 11.8 Å². The van der Waals surface area contributed by atoms with Crippen molar-refractivity contribution in [2.75, 3.05) is 28.7 Å². The Morgan fingerprint density at radius 2 is 1.68 bits per heavy atom. The lowest BCUT2D eigenvalue weighted by Crippen LogP contribution is -2.16. The van der Waals surface area contributed by atoms with Gasteiger partial charge in [0.2, 0.25) is 11.8 Å². The zero-order valence-electron chi connectivity index (χ0n) is 14.2. The van der Waals surface area contributed by atoms with Gasteiger partial charge >= 0.3 is 0 Å². The summed E-state index contributed by atoms with van der Waals surface area (Å²) in [5.74, 6) is 1.37. The first-order chi connectivity index (χ1) is 12.2. The van der Waals surface area contributed by atoms with Crippen molar-refractivity contribution in [3.8, 4) is 5.75 Å². The van der Waals surface area contributed by atoms with E-state index in [1.165, 1.54) is 11.8 Å². The molecule has 6 heteroatoms. The van der Waals surface area contributed by atoms with Gasteiger partial charge in [-0.3, -0.25) is 9.59 Å². The minimum atomic E-state index is -0.111. The SMILES string of the molecule is CCOc1ccccc1NC(=O)CSCCC(=O)Nc1ccccc1. The average Bonchev–Trinajstić information content (AvgIpc) is 2.61. The number of hydrogen-bond donors (Lipinski definition) is 2. The summed E-state index contributed by atoms with van der Waals surface area (Å²) < 4.78 is 5.48. The van der Waals surface area contributed by atoms with E-state index >= 15 is 0 Å². The first kappa shape index (κ1) is 18.9. The maximum atomic E-state index is 12.0. The van der Waals surface area contributed by atoms with Gasteiger partial charge in [0.05, 0.1) is 18.0 Å². The van der Waals surface area contributed by atoms with Crippen molar-refractivity contribution < 1.29 is 14.3 Å². The van der Waals surface area contributed by atoms with Crippen molar-refractivity contribution in [2.45, 2.75) is 13.3 Å². The molecule has 0 aromatic heterocycles. The number of thioether (sulfide) groups is 1. The maximum Gasteiger partial charge on any atom is 0.234 e. The van der Waals surface area contributed by atoms with E-state index in [1.807, 2.05) is 55.5 Å². The largest absolute Gasteiger partial charge is 0.492 e. The normalized spacial score (nSPS) is 10.1. The van der Waals surface area contributed by atoms with Crippen molar-refractivity contribution in [3.63, 3.8) is 0 Å². The molecule has 2 N–H and O–H groups in total. The number of carbonyl (C=O) groups is 2. The predicted molar refractivity (Wildman–Crippen MR) is 103 cm³/mol. The molecule has 0 fully saturated rings. The molecule has 2 aromatic rings. The van der Waals surface area contributed by atoms with Crippen LogP contribution in [0.1, 0.15) is 13.3 Å². The van der Waals surface area contributed by atoms with E-state index in [2.05, 4.69) is 10.6 Å². The Labute approximate surface area is 152 Å². The third-order valence-electron chi connectivity index (χ3n) is 3.23. The zero-order chi connectivity index (χ0) is 17.9. The summed E-state index contributed by atoms with van der Waals surface area (Å²) in [5, 5.41) is 5.66. The molecule has 5 nitrogen and oxygen atoms in total. The van der Waals surface area contributed by atoms with Crippen LogP contribution in [0.25, 0.3) is 0 Å². The van der Waals surface area contributed by atoms with Gasteiger partial charge in [-0.15, -0.1) is 0 Å². The molecule has 0 atom stereocenters. The number of benzene rings is 2. The predicted octanol–water partition coefficient (Wildman–Crippen LogP) is 3.79. The van der Waals surface area contributed by atoms with Crippen LogP contribution in [0.15, 0.2) is 54.6 Å². The highest BCUT2D eigenvalue weighted by atomic mass is 32.2. The molecule has 0 heterocycles. The molecule has 0 unspecified atom stereocenters. The Hall–Kier alpha value is -2.47. The number of rotatable bonds is 9. The quantitative estimate of drug-likeness (QED) is 0.669. The smallest absolute Gasteiger partial charge is 0.234 e. The number of hydrogen-bond acceptors (Lipinski definition) is 4. The first-order valence-electron chi connectivity index (χ1n) is 8.13. The number of carbonyl (C=O) groups excluding carboxylic acids is 2. The van der Waals surface area contributed by atoms with Crippen molar-refractivity contribution in [3.05, 3.63) is 54.6 Å². The van der Waals surface area contributed by atoms with Gasteiger partial charge < -0.3 is 15.4 Å². The Balaban J connectivity index is 1.68. The summed E-state index contributed by atoms with van der Waals surface area (Å²) >= 11 is 1.43. The van der Waals surface area contributed by atoms with Crippen molar-refractivity contribution in [2.24, 2.45) is 0 Å². The molecule has 2 amide bonds. The average molecular weight is 358 g/mol. The minimum absolute atomic E-state index is 0.0548. The van der Waals surface area contributed by atoms with E-state index in [0.717, 1.165) is 5.69 Å². The van der Waals surface area contributed by atoms with Crippen molar-refractivity contribution in [1.82, 2.24) is 0 Å². The van der Waals surface area contributed by atoms with Gasteiger partial charge in [-0.2, -0.15) is 11.8 Å². The monoisotopic (exact) mass is 358 g/mol. The van der Waals surface area contributed by atoms with Gasteiger partial charge in [-0.1, -0.05) is 30.3 Å². The zero-order valence-corrected chi connectivity index (χ0v) is 15.0. The lowest BCUT2D eigenvalue weighted by atomic mass is 10.3. The fourth-order valence-electron chi connectivity index (χ4n) is 2.11. The van der Waals surface area contributed by atoms with Crippen LogP contribution in [0.5, 0.6) is 5.75 Å². The highest BCUT2D eigenvalue weighted by Crippen LogP contribution is 2.23. The molecule has 0 spiro atoms.